The molecular weight excluding hydrogens is 243 g/mol. The molecule has 0 aromatic heterocycles. The third-order valence-corrected chi connectivity index (χ3v) is 2.54. The average molecular weight is 261 g/mol. The maximum Gasteiger partial charge on any atom is 0.416 e. The molecule has 0 heterocycles. The molecule has 0 radical (unpaired) electrons. The number of ether oxygens (including phenoxy) is 1. The van der Waals surface area contributed by atoms with Crippen molar-refractivity contribution in [3.8, 4) is 0 Å². The lowest BCUT2D eigenvalue weighted by atomic mass is 10.1. The first-order chi connectivity index (χ1) is 8.54. The van der Waals surface area contributed by atoms with Crippen LogP contribution in [0.15, 0.2) is 24.3 Å². The Morgan fingerprint density at radius 2 is 2.00 bits per heavy atom. The van der Waals surface area contributed by atoms with Crippen molar-refractivity contribution >= 4 is 0 Å². The maximum absolute atomic E-state index is 12.5. The second-order valence-electron chi connectivity index (χ2n) is 4.07. The van der Waals surface area contributed by atoms with Crippen LogP contribution in [0.3, 0.4) is 0 Å². The van der Waals surface area contributed by atoms with Crippen molar-refractivity contribution in [1.82, 2.24) is 5.32 Å². The second-order valence-corrected chi connectivity index (χ2v) is 4.07. The topological polar surface area (TPSA) is 21.3 Å². The van der Waals surface area contributed by atoms with Crippen LogP contribution in [0.2, 0.25) is 0 Å². The number of alkyl halides is 3. The first kappa shape index (κ1) is 15.0. The number of rotatable bonds is 7. The normalized spacial score (nSPS) is 11.8. The first-order valence-corrected chi connectivity index (χ1v) is 5.90. The molecule has 0 aliphatic carbocycles. The lowest BCUT2D eigenvalue weighted by Gasteiger charge is -2.09. The molecule has 0 atom stereocenters. The molecule has 0 saturated heterocycles. The second kappa shape index (κ2) is 7.38. The molecule has 18 heavy (non-hydrogen) atoms. The van der Waals surface area contributed by atoms with Gasteiger partial charge in [0.1, 0.15) is 0 Å². The smallest absolute Gasteiger partial charge is 0.385 e. The molecule has 5 heteroatoms. The van der Waals surface area contributed by atoms with Crippen LogP contribution in [0.25, 0.3) is 0 Å². The van der Waals surface area contributed by atoms with Crippen LogP contribution in [-0.2, 0) is 17.5 Å². The molecule has 1 N–H and O–H groups in total. The highest BCUT2D eigenvalue weighted by Crippen LogP contribution is 2.29. The highest BCUT2D eigenvalue weighted by molar-refractivity contribution is 5.25. The fourth-order valence-corrected chi connectivity index (χ4v) is 1.59. The number of methoxy groups -OCH3 is 1. The Morgan fingerprint density at radius 3 is 2.67 bits per heavy atom. The molecule has 0 fully saturated rings. The quantitative estimate of drug-likeness (QED) is 0.761. The third kappa shape index (κ3) is 5.51. The van der Waals surface area contributed by atoms with E-state index in [4.69, 9.17) is 4.74 Å². The van der Waals surface area contributed by atoms with Crippen LogP contribution in [-0.4, -0.2) is 20.3 Å². The monoisotopic (exact) mass is 261 g/mol. The van der Waals surface area contributed by atoms with Gasteiger partial charge in [0.15, 0.2) is 0 Å². The fourth-order valence-electron chi connectivity index (χ4n) is 1.59. The Bertz CT molecular complexity index is 352. The van der Waals surface area contributed by atoms with Crippen LogP contribution in [0.4, 0.5) is 13.2 Å². The lowest BCUT2D eigenvalue weighted by molar-refractivity contribution is -0.137. The van der Waals surface area contributed by atoms with Gasteiger partial charge >= 0.3 is 6.18 Å². The van der Waals surface area contributed by atoms with E-state index in [1.807, 2.05) is 0 Å². The minimum atomic E-state index is -4.27. The summed E-state index contributed by atoms with van der Waals surface area (Å²) in [5, 5.41) is 3.12. The van der Waals surface area contributed by atoms with E-state index in [9.17, 15) is 13.2 Å². The summed E-state index contributed by atoms with van der Waals surface area (Å²) in [5.41, 5.74) is 0.0535. The van der Waals surface area contributed by atoms with E-state index < -0.39 is 11.7 Å². The van der Waals surface area contributed by atoms with Crippen LogP contribution in [0.5, 0.6) is 0 Å². The number of hydrogen-bond acceptors (Lipinski definition) is 2. The van der Waals surface area contributed by atoms with E-state index in [-0.39, 0.29) is 0 Å². The number of hydrogen-bond donors (Lipinski definition) is 1. The Morgan fingerprint density at radius 1 is 1.22 bits per heavy atom. The fraction of sp³-hybridized carbons (Fsp3) is 0.538. The standard InChI is InChI=1S/C13H18F3NO/c1-18-8-3-2-7-17-10-11-5-4-6-12(9-11)13(14,15)16/h4-6,9,17H,2-3,7-8,10H2,1H3. The molecule has 2 nitrogen and oxygen atoms in total. The first-order valence-electron chi connectivity index (χ1n) is 5.90. The zero-order valence-electron chi connectivity index (χ0n) is 10.4. The number of halogens is 3. The highest BCUT2D eigenvalue weighted by atomic mass is 19.4. The Hall–Kier alpha value is -1.07. The maximum atomic E-state index is 12.5. The van der Waals surface area contributed by atoms with Crippen molar-refractivity contribution in [3.63, 3.8) is 0 Å². The van der Waals surface area contributed by atoms with Gasteiger partial charge in [-0.2, -0.15) is 13.2 Å². The van der Waals surface area contributed by atoms with E-state index >= 15 is 0 Å². The zero-order chi connectivity index (χ0) is 13.4. The van der Waals surface area contributed by atoms with E-state index in [1.165, 1.54) is 12.1 Å². The number of nitrogens with one attached hydrogen (secondary N) is 1. The Balaban J connectivity index is 2.34. The van der Waals surface area contributed by atoms with Crippen molar-refractivity contribution in [2.45, 2.75) is 25.6 Å². The molecule has 1 rings (SSSR count). The van der Waals surface area contributed by atoms with Gasteiger partial charge in [-0.3, -0.25) is 0 Å². The number of unbranched alkanes of at least 4 members (excludes halogenated alkanes) is 1. The van der Waals surface area contributed by atoms with Crippen LogP contribution in [0, 0.1) is 0 Å². The molecule has 0 aliphatic heterocycles. The third-order valence-electron chi connectivity index (χ3n) is 2.54. The molecule has 0 unspecified atom stereocenters. The number of benzene rings is 1. The molecular formula is C13H18F3NO. The zero-order valence-corrected chi connectivity index (χ0v) is 10.4. The van der Waals surface area contributed by atoms with Crippen LogP contribution in [0.1, 0.15) is 24.0 Å². The molecule has 1 aromatic rings. The van der Waals surface area contributed by atoms with Gasteiger partial charge < -0.3 is 10.1 Å². The summed E-state index contributed by atoms with van der Waals surface area (Å²) in [6.07, 6.45) is -2.37. The summed E-state index contributed by atoms with van der Waals surface area (Å²) in [7, 11) is 1.65. The summed E-state index contributed by atoms with van der Waals surface area (Å²) >= 11 is 0. The van der Waals surface area contributed by atoms with Crippen LogP contribution < -0.4 is 5.32 Å². The molecule has 0 saturated carbocycles. The lowest BCUT2D eigenvalue weighted by Crippen LogP contribution is -2.15. The van der Waals surface area contributed by atoms with Crippen molar-refractivity contribution in [2.75, 3.05) is 20.3 Å². The van der Waals surface area contributed by atoms with E-state index in [0.717, 1.165) is 25.5 Å². The van der Waals surface area contributed by atoms with Crippen molar-refractivity contribution in [2.24, 2.45) is 0 Å². The van der Waals surface area contributed by atoms with Gasteiger partial charge in [-0.1, -0.05) is 18.2 Å². The van der Waals surface area contributed by atoms with Gasteiger partial charge in [-0.15, -0.1) is 0 Å². The minimum absolute atomic E-state index is 0.455. The van der Waals surface area contributed by atoms with Gasteiger partial charge in [0.25, 0.3) is 0 Å². The van der Waals surface area contributed by atoms with E-state index in [2.05, 4.69) is 5.32 Å². The van der Waals surface area contributed by atoms with Gasteiger partial charge in [-0.25, -0.2) is 0 Å². The van der Waals surface area contributed by atoms with Gasteiger partial charge in [-0.05, 0) is 31.0 Å². The molecule has 0 amide bonds. The molecule has 0 aliphatic rings. The van der Waals surface area contributed by atoms with Crippen molar-refractivity contribution in [1.29, 1.82) is 0 Å². The Labute approximate surface area is 105 Å². The van der Waals surface area contributed by atoms with Crippen molar-refractivity contribution in [3.05, 3.63) is 35.4 Å². The molecule has 0 bridgehead atoms. The summed E-state index contributed by atoms with van der Waals surface area (Å²) < 4.78 is 42.3. The average Bonchev–Trinajstić information content (AvgIpc) is 2.33. The van der Waals surface area contributed by atoms with Gasteiger partial charge in [0.05, 0.1) is 5.56 Å². The predicted octanol–water partition coefficient (Wildman–Crippen LogP) is 3.22. The van der Waals surface area contributed by atoms with E-state index in [1.54, 1.807) is 13.2 Å². The summed E-state index contributed by atoms with van der Waals surface area (Å²) in [6, 6.07) is 5.40. The molecule has 102 valence electrons. The summed E-state index contributed by atoms with van der Waals surface area (Å²) in [5.74, 6) is 0. The summed E-state index contributed by atoms with van der Waals surface area (Å²) in [4.78, 5) is 0. The predicted molar refractivity (Wildman–Crippen MR) is 64.3 cm³/mol. The molecule has 0 spiro atoms. The van der Waals surface area contributed by atoms with E-state index in [0.29, 0.717) is 18.7 Å². The Kier molecular flexibility index (Phi) is 6.15. The van der Waals surface area contributed by atoms with Crippen LogP contribution >= 0.6 is 0 Å². The SMILES string of the molecule is COCCCCNCc1cccc(C(F)(F)F)c1. The van der Waals surface area contributed by atoms with Gasteiger partial charge in [0, 0.05) is 20.3 Å². The minimum Gasteiger partial charge on any atom is -0.385 e. The van der Waals surface area contributed by atoms with Crippen molar-refractivity contribution < 1.29 is 17.9 Å². The molecule has 1 aromatic carbocycles. The van der Waals surface area contributed by atoms with Gasteiger partial charge in [0.2, 0.25) is 0 Å². The largest absolute Gasteiger partial charge is 0.416 e. The summed E-state index contributed by atoms with van der Waals surface area (Å²) in [6.45, 7) is 1.95. The highest BCUT2D eigenvalue weighted by Gasteiger charge is 2.30.